The van der Waals surface area contributed by atoms with Crippen LogP contribution in [-0.4, -0.2) is 11.0 Å². The highest BCUT2D eigenvalue weighted by Crippen LogP contribution is 2.11. The lowest BCUT2D eigenvalue weighted by molar-refractivity contribution is 0.262. The van der Waals surface area contributed by atoms with Crippen molar-refractivity contribution < 1.29 is 4.79 Å². The Kier molecular flexibility index (Phi) is 4.68. The summed E-state index contributed by atoms with van der Waals surface area (Å²) >= 11 is 4.85. The molecule has 2 aromatic carbocycles. The number of nitrogens with one attached hydrogen (secondary N) is 2. The highest BCUT2D eigenvalue weighted by Gasteiger charge is 2.02. The second-order valence-corrected chi connectivity index (χ2v) is 4.81. The zero-order valence-electron chi connectivity index (χ0n) is 10.8. The Morgan fingerprint density at radius 1 is 0.950 bits per heavy atom. The SMILES string of the molecule is NC(=S)Cc1ccc(NC(=O)Nc2ccccc2)cc1. The molecule has 0 aliphatic heterocycles. The van der Waals surface area contributed by atoms with Crippen molar-refractivity contribution in [3.63, 3.8) is 0 Å². The number of nitrogens with two attached hydrogens (primary N) is 1. The lowest BCUT2D eigenvalue weighted by atomic mass is 10.1. The Morgan fingerprint density at radius 3 is 2.05 bits per heavy atom. The third-order valence-electron chi connectivity index (χ3n) is 2.62. The van der Waals surface area contributed by atoms with Crippen molar-refractivity contribution in [3.05, 3.63) is 60.2 Å². The zero-order chi connectivity index (χ0) is 14.4. The summed E-state index contributed by atoms with van der Waals surface area (Å²) in [6, 6.07) is 16.4. The van der Waals surface area contributed by atoms with E-state index in [1.54, 1.807) is 0 Å². The largest absolute Gasteiger partial charge is 0.393 e. The molecule has 0 saturated heterocycles. The van der Waals surface area contributed by atoms with Crippen LogP contribution < -0.4 is 16.4 Å². The highest BCUT2D eigenvalue weighted by atomic mass is 32.1. The van der Waals surface area contributed by atoms with E-state index < -0.39 is 0 Å². The van der Waals surface area contributed by atoms with Crippen molar-refractivity contribution >= 4 is 34.6 Å². The minimum absolute atomic E-state index is 0.279. The average molecular weight is 285 g/mol. The molecule has 0 aliphatic rings. The van der Waals surface area contributed by atoms with E-state index in [0.717, 1.165) is 11.3 Å². The number of carbonyl (C=O) groups excluding carboxylic acids is 1. The van der Waals surface area contributed by atoms with Crippen LogP contribution in [0.4, 0.5) is 16.2 Å². The lowest BCUT2D eigenvalue weighted by Gasteiger charge is -2.08. The van der Waals surface area contributed by atoms with Gasteiger partial charge in [0.2, 0.25) is 0 Å². The molecular formula is C15H15N3OS. The van der Waals surface area contributed by atoms with Crippen molar-refractivity contribution in [3.8, 4) is 0 Å². The van der Waals surface area contributed by atoms with Crippen LogP contribution in [0.25, 0.3) is 0 Å². The van der Waals surface area contributed by atoms with Gasteiger partial charge in [-0.3, -0.25) is 0 Å². The predicted octanol–water partition coefficient (Wildman–Crippen LogP) is 3.16. The monoisotopic (exact) mass is 285 g/mol. The Morgan fingerprint density at radius 2 is 1.50 bits per heavy atom. The van der Waals surface area contributed by atoms with E-state index in [0.29, 0.717) is 17.1 Å². The average Bonchev–Trinajstić information content (AvgIpc) is 2.41. The Hall–Kier alpha value is -2.40. The first kappa shape index (κ1) is 14.0. The molecule has 0 aliphatic carbocycles. The van der Waals surface area contributed by atoms with E-state index in [2.05, 4.69) is 10.6 Å². The summed E-state index contributed by atoms with van der Waals surface area (Å²) in [6.07, 6.45) is 0.561. The molecule has 0 atom stereocenters. The topological polar surface area (TPSA) is 67.1 Å². The molecule has 0 radical (unpaired) electrons. The molecule has 102 valence electrons. The van der Waals surface area contributed by atoms with Gasteiger partial charge in [-0.15, -0.1) is 0 Å². The van der Waals surface area contributed by atoms with Crippen LogP contribution in [0.3, 0.4) is 0 Å². The van der Waals surface area contributed by atoms with Gasteiger partial charge in [0.25, 0.3) is 0 Å². The number of urea groups is 1. The van der Waals surface area contributed by atoms with Gasteiger partial charge in [-0.2, -0.15) is 0 Å². The second kappa shape index (κ2) is 6.68. The minimum atomic E-state index is -0.279. The fourth-order valence-electron chi connectivity index (χ4n) is 1.72. The first-order chi connectivity index (χ1) is 9.63. The summed E-state index contributed by atoms with van der Waals surface area (Å²) in [5.41, 5.74) is 7.96. The maximum absolute atomic E-state index is 11.8. The molecule has 4 N–H and O–H groups in total. The number of hydrogen-bond acceptors (Lipinski definition) is 2. The number of anilines is 2. The minimum Gasteiger partial charge on any atom is -0.393 e. The predicted molar refractivity (Wildman–Crippen MR) is 86.0 cm³/mol. The van der Waals surface area contributed by atoms with Gasteiger partial charge in [0.05, 0.1) is 4.99 Å². The van der Waals surface area contributed by atoms with Crippen molar-refractivity contribution in [2.24, 2.45) is 5.73 Å². The number of thiocarbonyl (C=S) groups is 1. The van der Waals surface area contributed by atoms with Gasteiger partial charge in [-0.1, -0.05) is 42.5 Å². The molecule has 4 nitrogen and oxygen atoms in total. The van der Waals surface area contributed by atoms with Gasteiger partial charge >= 0.3 is 6.03 Å². The maximum atomic E-state index is 11.8. The van der Waals surface area contributed by atoms with Crippen LogP contribution in [0.2, 0.25) is 0 Å². The van der Waals surface area contributed by atoms with E-state index in [4.69, 9.17) is 18.0 Å². The highest BCUT2D eigenvalue weighted by molar-refractivity contribution is 7.80. The normalized spacial score (nSPS) is 9.80. The van der Waals surface area contributed by atoms with Crippen LogP contribution in [0.1, 0.15) is 5.56 Å². The van der Waals surface area contributed by atoms with Crippen molar-refractivity contribution in [1.82, 2.24) is 0 Å². The molecule has 2 rings (SSSR count). The van der Waals surface area contributed by atoms with Crippen LogP contribution in [0.15, 0.2) is 54.6 Å². The number of benzene rings is 2. The van der Waals surface area contributed by atoms with Gasteiger partial charge in [0.1, 0.15) is 0 Å². The molecular weight excluding hydrogens is 270 g/mol. The second-order valence-electron chi connectivity index (χ2n) is 4.29. The Labute approximate surface area is 123 Å². The van der Waals surface area contributed by atoms with Crippen LogP contribution in [0.5, 0.6) is 0 Å². The van der Waals surface area contributed by atoms with Crippen molar-refractivity contribution in [1.29, 1.82) is 0 Å². The summed E-state index contributed by atoms with van der Waals surface area (Å²) in [5.74, 6) is 0. The summed E-state index contributed by atoms with van der Waals surface area (Å²) < 4.78 is 0. The maximum Gasteiger partial charge on any atom is 0.323 e. The number of hydrogen-bond donors (Lipinski definition) is 3. The number of para-hydroxylation sites is 1. The van der Waals surface area contributed by atoms with Gasteiger partial charge in [-0.05, 0) is 29.8 Å². The van der Waals surface area contributed by atoms with Crippen molar-refractivity contribution in [2.45, 2.75) is 6.42 Å². The molecule has 0 fully saturated rings. The molecule has 2 aromatic rings. The smallest absolute Gasteiger partial charge is 0.323 e. The van der Waals surface area contributed by atoms with E-state index >= 15 is 0 Å². The standard InChI is InChI=1S/C15H15N3OS/c16-14(20)10-11-6-8-13(9-7-11)18-15(19)17-12-4-2-1-3-5-12/h1-9H,10H2,(H2,16,20)(H2,17,18,19). The van der Waals surface area contributed by atoms with E-state index in [9.17, 15) is 4.79 Å². The molecule has 0 heterocycles. The summed E-state index contributed by atoms with van der Waals surface area (Å²) in [4.78, 5) is 12.2. The summed E-state index contributed by atoms with van der Waals surface area (Å²) in [6.45, 7) is 0. The zero-order valence-corrected chi connectivity index (χ0v) is 11.6. The fraction of sp³-hybridized carbons (Fsp3) is 0.0667. The lowest BCUT2D eigenvalue weighted by Crippen LogP contribution is -2.19. The molecule has 0 aromatic heterocycles. The number of rotatable bonds is 4. The van der Waals surface area contributed by atoms with Crippen LogP contribution in [-0.2, 0) is 6.42 Å². The molecule has 0 unspecified atom stereocenters. The van der Waals surface area contributed by atoms with Crippen LogP contribution >= 0.6 is 12.2 Å². The first-order valence-corrected chi connectivity index (χ1v) is 6.54. The van der Waals surface area contributed by atoms with E-state index in [1.165, 1.54) is 0 Å². The third kappa shape index (κ3) is 4.37. The molecule has 0 spiro atoms. The third-order valence-corrected chi connectivity index (χ3v) is 2.77. The molecule has 0 bridgehead atoms. The Balaban J connectivity index is 1.93. The van der Waals surface area contributed by atoms with Gasteiger partial charge in [0.15, 0.2) is 0 Å². The summed E-state index contributed by atoms with van der Waals surface area (Å²) in [7, 11) is 0. The fourth-order valence-corrected chi connectivity index (χ4v) is 1.89. The van der Waals surface area contributed by atoms with Gasteiger partial charge < -0.3 is 16.4 Å². The quantitative estimate of drug-likeness (QED) is 0.756. The van der Waals surface area contributed by atoms with E-state index in [1.807, 2.05) is 54.6 Å². The number of carbonyl (C=O) groups is 1. The molecule has 0 saturated carbocycles. The Bertz CT molecular complexity index is 596. The molecule has 20 heavy (non-hydrogen) atoms. The first-order valence-electron chi connectivity index (χ1n) is 6.14. The number of amides is 2. The van der Waals surface area contributed by atoms with E-state index in [-0.39, 0.29) is 6.03 Å². The van der Waals surface area contributed by atoms with Gasteiger partial charge in [0, 0.05) is 17.8 Å². The summed E-state index contributed by atoms with van der Waals surface area (Å²) in [5, 5.41) is 5.50. The van der Waals surface area contributed by atoms with Crippen molar-refractivity contribution in [2.75, 3.05) is 10.6 Å². The molecule has 5 heteroatoms. The van der Waals surface area contributed by atoms with Crippen LogP contribution in [0, 0.1) is 0 Å². The van der Waals surface area contributed by atoms with Gasteiger partial charge in [-0.25, -0.2) is 4.79 Å². The molecule has 2 amide bonds.